The van der Waals surface area contributed by atoms with Crippen LogP contribution >= 0.6 is 0 Å². The summed E-state index contributed by atoms with van der Waals surface area (Å²) >= 11 is 0. The van der Waals surface area contributed by atoms with Crippen LogP contribution in [0.5, 0.6) is 11.5 Å². The molecule has 0 fully saturated rings. The standard InChI is InChI=1S/C48H34N2O4/c51-47(53-45-23-15-37(16-24-45)35-7-3-1-4-8-35)41-11-19-43(20-12-41)49-31-27-39(28-32-49)40-29-33-50(34-30-40)44-21-13-42(14-22-44)48(52)54-46-25-17-38(18-26-46)36-9-5-2-6-10-36/h1-34H/q+2. The van der Waals surface area contributed by atoms with Gasteiger partial charge in [0.05, 0.1) is 11.1 Å². The van der Waals surface area contributed by atoms with E-state index in [0.717, 1.165) is 44.8 Å². The van der Waals surface area contributed by atoms with Gasteiger partial charge in [-0.2, -0.15) is 9.13 Å². The molecular weight excluding hydrogens is 669 g/mol. The molecule has 0 saturated carbocycles. The maximum absolute atomic E-state index is 12.8. The molecule has 0 saturated heterocycles. The van der Waals surface area contributed by atoms with E-state index in [1.165, 1.54) is 0 Å². The van der Waals surface area contributed by atoms with Gasteiger partial charge in [-0.25, -0.2) is 9.59 Å². The van der Waals surface area contributed by atoms with Gasteiger partial charge < -0.3 is 9.47 Å². The van der Waals surface area contributed by atoms with E-state index in [0.29, 0.717) is 22.6 Å². The molecule has 258 valence electrons. The number of aromatic nitrogens is 2. The second-order valence-corrected chi connectivity index (χ2v) is 12.6. The largest absolute Gasteiger partial charge is 0.423 e. The third kappa shape index (κ3) is 7.73. The van der Waals surface area contributed by atoms with Gasteiger partial charge in [-0.1, -0.05) is 84.9 Å². The van der Waals surface area contributed by atoms with Gasteiger partial charge in [-0.05, 0) is 81.9 Å². The second-order valence-electron chi connectivity index (χ2n) is 12.6. The maximum Gasteiger partial charge on any atom is 0.343 e. The predicted molar refractivity (Wildman–Crippen MR) is 209 cm³/mol. The first-order valence-corrected chi connectivity index (χ1v) is 17.5. The highest BCUT2D eigenvalue weighted by Crippen LogP contribution is 2.24. The lowest BCUT2D eigenvalue weighted by Gasteiger charge is -2.06. The highest BCUT2D eigenvalue weighted by atomic mass is 16.5. The van der Waals surface area contributed by atoms with Crippen molar-refractivity contribution in [2.75, 3.05) is 0 Å². The molecule has 0 unspecified atom stereocenters. The zero-order chi connectivity index (χ0) is 36.7. The van der Waals surface area contributed by atoms with Crippen molar-refractivity contribution < 1.29 is 28.2 Å². The Hall–Kier alpha value is -7.44. The summed E-state index contributed by atoms with van der Waals surface area (Å²) in [6, 6.07) is 58.0. The predicted octanol–water partition coefficient (Wildman–Crippen LogP) is 9.68. The van der Waals surface area contributed by atoms with Crippen molar-refractivity contribution in [1.82, 2.24) is 0 Å². The zero-order valence-electron chi connectivity index (χ0n) is 29.2. The third-order valence-corrected chi connectivity index (χ3v) is 9.14. The van der Waals surface area contributed by atoms with E-state index in [9.17, 15) is 9.59 Å². The van der Waals surface area contributed by atoms with E-state index in [4.69, 9.17) is 9.47 Å². The van der Waals surface area contributed by atoms with Crippen LogP contribution in [-0.2, 0) is 0 Å². The van der Waals surface area contributed by atoms with Crippen molar-refractivity contribution in [3.63, 3.8) is 0 Å². The Morgan fingerprint density at radius 2 is 0.611 bits per heavy atom. The van der Waals surface area contributed by atoms with Gasteiger partial charge in [-0.15, -0.1) is 0 Å². The van der Waals surface area contributed by atoms with Crippen molar-refractivity contribution in [3.8, 4) is 56.3 Å². The minimum atomic E-state index is -0.407. The average Bonchev–Trinajstić information content (AvgIpc) is 3.25. The molecule has 0 bridgehead atoms. The van der Waals surface area contributed by atoms with Crippen LogP contribution in [0.1, 0.15) is 20.7 Å². The Morgan fingerprint density at radius 1 is 0.315 bits per heavy atom. The van der Waals surface area contributed by atoms with E-state index < -0.39 is 11.9 Å². The van der Waals surface area contributed by atoms with E-state index in [-0.39, 0.29) is 0 Å². The van der Waals surface area contributed by atoms with Crippen molar-refractivity contribution in [3.05, 3.63) is 218 Å². The molecule has 6 heteroatoms. The van der Waals surface area contributed by atoms with Gasteiger partial charge in [0.25, 0.3) is 0 Å². The van der Waals surface area contributed by atoms with E-state index in [1.807, 2.05) is 167 Å². The molecule has 2 heterocycles. The van der Waals surface area contributed by atoms with E-state index in [2.05, 4.69) is 24.3 Å². The summed E-state index contributed by atoms with van der Waals surface area (Å²) in [6.07, 6.45) is 7.97. The smallest absolute Gasteiger partial charge is 0.343 e. The Kier molecular flexibility index (Phi) is 9.63. The number of rotatable bonds is 9. The van der Waals surface area contributed by atoms with Crippen molar-refractivity contribution in [1.29, 1.82) is 0 Å². The van der Waals surface area contributed by atoms with Gasteiger partial charge in [0.1, 0.15) is 11.5 Å². The Balaban J connectivity index is 0.860. The molecule has 0 N–H and O–H groups in total. The number of carbonyl (C=O) groups is 2. The van der Waals surface area contributed by atoms with Crippen LogP contribution in [0.4, 0.5) is 0 Å². The van der Waals surface area contributed by atoms with E-state index >= 15 is 0 Å². The molecule has 8 rings (SSSR count). The van der Waals surface area contributed by atoms with Gasteiger partial charge in [0.15, 0.2) is 24.8 Å². The summed E-state index contributed by atoms with van der Waals surface area (Å²) in [7, 11) is 0. The SMILES string of the molecule is O=C(Oc1ccc(-c2ccccc2)cc1)c1ccc(-[n+]2ccc(-c3cc[n+](-c4ccc(C(=O)Oc5ccc(-c6ccccc6)cc5)cc4)cc3)cc2)cc1. The highest BCUT2D eigenvalue weighted by Gasteiger charge is 2.15. The lowest BCUT2D eigenvalue weighted by molar-refractivity contribution is -0.596. The molecule has 0 spiro atoms. The minimum absolute atomic E-state index is 0.407. The quantitative estimate of drug-likeness (QED) is 0.0854. The summed E-state index contributed by atoms with van der Waals surface area (Å²) < 4.78 is 15.2. The van der Waals surface area contributed by atoms with Crippen LogP contribution in [0.25, 0.3) is 44.8 Å². The van der Waals surface area contributed by atoms with Crippen LogP contribution in [0.3, 0.4) is 0 Å². The Bertz CT molecular complexity index is 2320. The molecule has 0 aliphatic rings. The molecule has 54 heavy (non-hydrogen) atoms. The Morgan fingerprint density at radius 3 is 0.944 bits per heavy atom. The molecule has 8 aromatic rings. The molecule has 0 amide bonds. The summed E-state index contributed by atoms with van der Waals surface area (Å²) in [5.74, 6) is 0.181. The van der Waals surface area contributed by atoms with Crippen LogP contribution in [0.15, 0.2) is 207 Å². The minimum Gasteiger partial charge on any atom is -0.423 e. The first kappa shape index (κ1) is 33.7. The fourth-order valence-electron chi connectivity index (χ4n) is 6.15. The fourth-order valence-corrected chi connectivity index (χ4v) is 6.15. The molecule has 6 nitrogen and oxygen atoms in total. The summed E-state index contributed by atoms with van der Waals surface area (Å²) in [5.41, 5.74) is 9.24. The summed E-state index contributed by atoms with van der Waals surface area (Å²) in [4.78, 5) is 25.7. The van der Waals surface area contributed by atoms with Crippen LogP contribution in [-0.4, -0.2) is 11.9 Å². The van der Waals surface area contributed by atoms with E-state index in [1.54, 1.807) is 24.3 Å². The number of esters is 2. The number of hydrogen-bond acceptors (Lipinski definition) is 4. The highest BCUT2D eigenvalue weighted by molar-refractivity contribution is 5.92. The third-order valence-electron chi connectivity index (χ3n) is 9.14. The van der Waals surface area contributed by atoms with Crippen molar-refractivity contribution in [2.24, 2.45) is 0 Å². The van der Waals surface area contributed by atoms with Crippen LogP contribution in [0, 0.1) is 0 Å². The number of carbonyl (C=O) groups excluding carboxylic acids is 2. The normalized spacial score (nSPS) is 10.7. The average molecular weight is 703 g/mol. The molecular formula is C48H34N2O4+2. The number of hydrogen-bond donors (Lipinski definition) is 0. The molecule has 0 atom stereocenters. The number of ether oxygens (including phenoxy) is 2. The van der Waals surface area contributed by atoms with Gasteiger partial charge >= 0.3 is 11.9 Å². The topological polar surface area (TPSA) is 60.4 Å². The van der Waals surface area contributed by atoms with Crippen molar-refractivity contribution in [2.45, 2.75) is 0 Å². The lowest BCUT2D eigenvalue weighted by atomic mass is 10.1. The second kappa shape index (κ2) is 15.4. The maximum atomic E-state index is 12.8. The first-order chi connectivity index (χ1) is 26.6. The molecule has 2 aromatic heterocycles. The lowest BCUT2D eigenvalue weighted by Crippen LogP contribution is -2.30. The Labute approximate surface area is 313 Å². The number of pyridine rings is 2. The van der Waals surface area contributed by atoms with Crippen molar-refractivity contribution >= 4 is 11.9 Å². The molecule has 0 aliphatic heterocycles. The zero-order valence-corrected chi connectivity index (χ0v) is 29.2. The molecule has 0 aliphatic carbocycles. The molecule has 6 aromatic carbocycles. The summed E-state index contributed by atoms with van der Waals surface area (Å²) in [6.45, 7) is 0. The van der Waals surface area contributed by atoms with Gasteiger partial charge in [0, 0.05) is 48.5 Å². The van der Waals surface area contributed by atoms with Crippen LogP contribution in [0.2, 0.25) is 0 Å². The van der Waals surface area contributed by atoms with Gasteiger partial charge in [-0.3, -0.25) is 0 Å². The first-order valence-electron chi connectivity index (χ1n) is 17.5. The van der Waals surface area contributed by atoms with Gasteiger partial charge in [0.2, 0.25) is 11.4 Å². The monoisotopic (exact) mass is 702 g/mol. The van der Waals surface area contributed by atoms with Crippen LogP contribution < -0.4 is 18.6 Å². The fraction of sp³-hybridized carbons (Fsp3) is 0. The number of benzene rings is 6. The number of nitrogens with zero attached hydrogens (tertiary/aromatic N) is 2. The summed E-state index contributed by atoms with van der Waals surface area (Å²) in [5, 5.41) is 0. The molecule has 0 radical (unpaired) electrons.